The highest BCUT2D eigenvalue weighted by molar-refractivity contribution is 7.14. The summed E-state index contributed by atoms with van der Waals surface area (Å²) in [6.45, 7) is 1.27. The Balaban J connectivity index is 1.93. The number of aromatic nitrogens is 1. The Morgan fingerprint density at radius 2 is 2.08 bits per heavy atom. The number of nitrogens with zero attached hydrogens (tertiary/aromatic N) is 1. The van der Waals surface area contributed by atoms with Gasteiger partial charge in [-0.2, -0.15) is 13.2 Å². The van der Waals surface area contributed by atoms with E-state index in [0.29, 0.717) is 5.13 Å². The molecule has 2 amide bonds. The van der Waals surface area contributed by atoms with Crippen LogP contribution < -0.4 is 10.6 Å². The van der Waals surface area contributed by atoms with Crippen molar-refractivity contribution in [2.45, 2.75) is 13.1 Å². The van der Waals surface area contributed by atoms with E-state index in [4.69, 9.17) is 0 Å². The molecule has 0 unspecified atom stereocenters. The maximum absolute atomic E-state index is 12.6. The van der Waals surface area contributed by atoms with Gasteiger partial charge in [-0.15, -0.1) is 11.3 Å². The summed E-state index contributed by atoms with van der Waals surface area (Å²) in [6, 6.07) is 4.62. The van der Waals surface area contributed by atoms with Crippen molar-refractivity contribution in [3.05, 3.63) is 46.5 Å². The summed E-state index contributed by atoms with van der Waals surface area (Å²) >= 11 is 1.10. The van der Waals surface area contributed by atoms with Crippen molar-refractivity contribution in [2.24, 2.45) is 0 Å². The normalized spacial score (nSPS) is 10.6. The maximum Gasteiger partial charge on any atom is 0.416 e. The quantitative estimate of drug-likeness (QED) is 0.820. The van der Waals surface area contributed by atoms with Crippen LogP contribution in [0.15, 0.2) is 29.6 Å². The third-order valence-corrected chi connectivity index (χ3v) is 3.54. The Morgan fingerprint density at radius 3 is 2.76 bits per heavy atom. The molecular weight excluding hydrogens is 355 g/mol. The van der Waals surface area contributed by atoms with Gasteiger partial charge in [0.2, 0.25) is 5.91 Å². The SMILES string of the molecule is CC(=O)Nc1nc(C(=O)NCC#Cc2cccc(C(F)(F)F)c2)cs1. The highest BCUT2D eigenvalue weighted by Crippen LogP contribution is 2.29. The van der Waals surface area contributed by atoms with Crippen molar-refractivity contribution in [3.8, 4) is 11.8 Å². The fraction of sp³-hybridized carbons (Fsp3) is 0.188. The predicted octanol–water partition coefficient (Wildman–Crippen LogP) is 2.90. The van der Waals surface area contributed by atoms with Crippen molar-refractivity contribution in [1.82, 2.24) is 10.3 Å². The molecule has 2 N–H and O–H groups in total. The molecule has 0 bridgehead atoms. The summed E-state index contributed by atoms with van der Waals surface area (Å²) < 4.78 is 37.8. The molecule has 1 aromatic carbocycles. The van der Waals surface area contributed by atoms with Crippen LogP contribution in [-0.4, -0.2) is 23.3 Å². The van der Waals surface area contributed by atoms with Gasteiger partial charge in [-0.25, -0.2) is 4.98 Å². The van der Waals surface area contributed by atoms with E-state index >= 15 is 0 Å². The van der Waals surface area contributed by atoms with Crippen LogP contribution in [0.1, 0.15) is 28.5 Å². The van der Waals surface area contributed by atoms with Crippen LogP contribution in [0, 0.1) is 11.8 Å². The van der Waals surface area contributed by atoms with Gasteiger partial charge in [0.1, 0.15) is 5.69 Å². The first-order chi connectivity index (χ1) is 11.8. The third kappa shape index (κ3) is 5.61. The molecule has 0 saturated heterocycles. The summed E-state index contributed by atoms with van der Waals surface area (Å²) in [5, 5.41) is 6.70. The number of amides is 2. The minimum Gasteiger partial charge on any atom is -0.340 e. The van der Waals surface area contributed by atoms with Crippen LogP contribution >= 0.6 is 11.3 Å². The second kappa shape index (κ2) is 7.81. The number of nitrogens with one attached hydrogen (secondary N) is 2. The fourth-order valence-corrected chi connectivity index (χ4v) is 2.46. The molecule has 1 heterocycles. The highest BCUT2D eigenvalue weighted by atomic mass is 32.1. The zero-order valence-electron chi connectivity index (χ0n) is 12.9. The van der Waals surface area contributed by atoms with Gasteiger partial charge in [0.15, 0.2) is 5.13 Å². The molecule has 0 fully saturated rings. The van der Waals surface area contributed by atoms with E-state index in [1.165, 1.54) is 24.4 Å². The number of rotatable bonds is 3. The molecule has 9 heteroatoms. The van der Waals surface area contributed by atoms with E-state index in [0.717, 1.165) is 23.5 Å². The number of halogens is 3. The standard InChI is InChI=1S/C16H12F3N3O2S/c1-10(23)21-15-22-13(9-25-15)14(24)20-7-3-5-11-4-2-6-12(8-11)16(17,18)19/h2,4,6,8-9H,7H2,1H3,(H,20,24)(H,21,22,23). The molecule has 1 aromatic heterocycles. The number of thiazole rings is 1. The first-order valence-corrected chi connectivity index (χ1v) is 7.81. The largest absolute Gasteiger partial charge is 0.416 e. The smallest absolute Gasteiger partial charge is 0.340 e. The number of hydrogen-bond donors (Lipinski definition) is 2. The van der Waals surface area contributed by atoms with Crippen molar-refractivity contribution in [2.75, 3.05) is 11.9 Å². The third-order valence-electron chi connectivity index (χ3n) is 2.78. The Morgan fingerprint density at radius 1 is 1.32 bits per heavy atom. The molecule has 0 atom stereocenters. The van der Waals surface area contributed by atoms with Crippen molar-refractivity contribution in [1.29, 1.82) is 0 Å². The summed E-state index contributed by atoms with van der Waals surface area (Å²) in [5.74, 6) is 4.34. The van der Waals surface area contributed by atoms with Crippen LogP contribution in [0.2, 0.25) is 0 Å². The molecule has 0 aliphatic heterocycles. The minimum absolute atomic E-state index is 0.0535. The van der Waals surface area contributed by atoms with E-state index < -0.39 is 17.6 Å². The van der Waals surface area contributed by atoms with Crippen molar-refractivity contribution >= 4 is 28.3 Å². The van der Waals surface area contributed by atoms with Crippen molar-refractivity contribution < 1.29 is 22.8 Å². The van der Waals surface area contributed by atoms with Gasteiger partial charge in [0.05, 0.1) is 12.1 Å². The van der Waals surface area contributed by atoms with Crippen LogP contribution in [0.4, 0.5) is 18.3 Å². The number of carbonyl (C=O) groups is 2. The van der Waals surface area contributed by atoms with Gasteiger partial charge < -0.3 is 10.6 Å². The second-order valence-electron chi connectivity index (χ2n) is 4.78. The topological polar surface area (TPSA) is 71.1 Å². The van der Waals surface area contributed by atoms with E-state index in [1.807, 2.05) is 0 Å². The molecule has 0 radical (unpaired) electrons. The summed E-state index contributed by atoms with van der Waals surface area (Å²) in [5.41, 5.74) is -0.461. The van der Waals surface area contributed by atoms with Crippen LogP contribution in [0.3, 0.4) is 0 Å². The zero-order valence-corrected chi connectivity index (χ0v) is 13.7. The summed E-state index contributed by atoms with van der Waals surface area (Å²) in [4.78, 5) is 26.7. The Hall–Kier alpha value is -2.86. The van der Waals surface area contributed by atoms with Gasteiger partial charge in [-0.05, 0) is 18.2 Å². The zero-order chi connectivity index (χ0) is 18.4. The summed E-state index contributed by atoms with van der Waals surface area (Å²) in [6.07, 6.45) is -4.43. The minimum atomic E-state index is -4.43. The molecule has 0 spiro atoms. The molecule has 2 rings (SSSR count). The second-order valence-corrected chi connectivity index (χ2v) is 5.64. The number of carbonyl (C=O) groups excluding carboxylic acids is 2. The van der Waals surface area contributed by atoms with Gasteiger partial charge in [-0.3, -0.25) is 9.59 Å². The number of benzene rings is 1. The lowest BCUT2D eigenvalue weighted by Gasteiger charge is -2.05. The van der Waals surface area contributed by atoms with Crippen LogP contribution in [0.25, 0.3) is 0 Å². The van der Waals surface area contributed by atoms with Gasteiger partial charge in [-0.1, -0.05) is 17.9 Å². The summed E-state index contributed by atoms with van der Waals surface area (Å²) in [7, 11) is 0. The molecule has 0 saturated carbocycles. The fourth-order valence-electron chi connectivity index (χ4n) is 1.72. The van der Waals surface area contributed by atoms with Gasteiger partial charge in [0, 0.05) is 17.9 Å². The average Bonchev–Trinajstić information content (AvgIpc) is 2.98. The van der Waals surface area contributed by atoms with E-state index in [2.05, 4.69) is 27.5 Å². The number of anilines is 1. The molecule has 0 aliphatic carbocycles. The van der Waals surface area contributed by atoms with Crippen LogP contribution in [-0.2, 0) is 11.0 Å². The lowest BCUT2D eigenvalue weighted by Crippen LogP contribution is -2.24. The van der Waals surface area contributed by atoms with E-state index in [9.17, 15) is 22.8 Å². The molecule has 5 nitrogen and oxygen atoms in total. The predicted molar refractivity (Wildman–Crippen MR) is 87.1 cm³/mol. The Labute approximate surface area is 145 Å². The van der Waals surface area contributed by atoms with E-state index in [-0.39, 0.29) is 23.7 Å². The average molecular weight is 367 g/mol. The first kappa shape index (κ1) is 18.5. The molecular formula is C16H12F3N3O2S. The monoisotopic (exact) mass is 367 g/mol. The Bertz CT molecular complexity index is 850. The first-order valence-electron chi connectivity index (χ1n) is 6.93. The lowest BCUT2D eigenvalue weighted by molar-refractivity contribution is -0.137. The molecule has 0 aliphatic rings. The highest BCUT2D eigenvalue weighted by Gasteiger charge is 2.30. The maximum atomic E-state index is 12.6. The molecule has 130 valence electrons. The van der Waals surface area contributed by atoms with E-state index in [1.54, 1.807) is 0 Å². The van der Waals surface area contributed by atoms with Crippen LogP contribution in [0.5, 0.6) is 0 Å². The Kier molecular flexibility index (Phi) is 5.77. The lowest BCUT2D eigenvalue weighted by atomic mass is 10.1. The van der Waals surface area contributed by atoms with Gasteiger partial charge in [0.25, 0.3) is 5.91 Å². The molecule has 25 heavy (non-hydrogen) atoms. The van der Waals surface area contributed by atoms with Crippen molar-refractivity contribution in [3.63, 3.8) is 0 Å². The molecule has 2 aromatic rings. The number of alkyl halides is 3. The van der Waals surface area contributed by atoms with Gasteiger partial charge >= 0.3 is 6.18 Å². The number of hydrogen-bond acceptors (Lipinski definition) is 4.